The van der Waals surface area contributed by atoms with Gasteiger partial charge in [0.25, 0.3) is 0 Å². The van der Waals surface area contributed by atoms with Crippen molar-refractivity contribution in [2.45, 2.75) is 13.8 Å². The Morgan fingerprint density at radius 3 is 2.07 bits per heavy atom. The lowest BCUT2D eigenvalue weighted by atomic mass is 9.98. The minimum absolute atomic E-state index is 0.119. The summed E-state index contributed by atoms with van der Waals surface area (Å²) in [5.74, 6) is -0.119. The number of rotatable bonds is 1. The first kappa shape index (κ1) is 9.91. The number of aryl methyl sites for hydroxylation is 2. The summed E-state index contributed by atoms with van der Waals surface area (Å²) in [6.45, 7) is 3.79. The van der Waals surface area contributed by atoms with E-state index < -0.39 is 0 Å². The minimum Gasteiger partial charge on any atom is -0.206 e. The summed E-state index contributed by atoms with van der Waals surface area (Å²) in [4.78, 5) is 0. The zero-order chi connectivity index (χ0) is 10.8. The SMILES string of the molecule is Cc1ccccc1-c1cccc(C)c1F. The molecule has 0 spiro atoms. The van der Waals surface area contributed by atoms with Crippen LogP contribution in [0.15, 0.2) is 42.5 Å². The molecule has 0 amide bonds. The van der Waals surface area contributed by atoms with Gasteiger partial charge in [0.05, 0.1) is 0 Å². The van der Waals surface area contributed by atoms with E-state index in [4.69, 9.17) is 0 Å². The molecule has 2 rings (SSSR count). The second-order valence-electron chi connectivity index (χ2n) is 3.75. The predicted molar refractivity (Wildman–Crippen MR) is 61.3 cm³/mol. The van der Waals surface area contributed by atoms with Crippen molar-refractivity contribution >= 4 is 0 Å². The monoisotopic (exact) mass is 200 g/mol. The molecule has 0 radical (unpaired) electrons. The Hall–Kier alpha value is -1.63. The lowest BCUT2D eigenvalue weighted by Gasteiger charge is -2.08. The van der Waals surface area contributed by atoms with Crippen molar-refractivity contribution in [2.24, 2.45) is 0 Å². The average molecular weight is 200 g/mol. The highest BCUT2D eigenvalue weighted by Crippen LogP contribution is 2.27. The van der Waals surface area contributed by atoms with Crippen molar-refractivity contribution < 1.29 is 4.39 Å². The Balaban J connectivity index is 2.65. The van der Waals surface area contributed by atoms with Crippen molar-refractivity contribution in [3.8, 4) is 11.1 Å². The van der Waals surface area contributed by atoms with Crippen LogP contribution in [0.2, 0.25) is 0 Å². The summed E-state index contributed by atoms with van der Waals surface area (Å²) < 4.78 is 13.9. The zero-order valence-electron chi connectivity index (χ0n) is 8.92. The van der Waals surface area contributed by atoms with Crippen LogP contribution in [0.3, 0.4) is 0 Å². The van der Waals surface area contributed by atoms with Crippen molar-refractivity contribution in [1.82, 2.24) is 0 Å². The molecule has 15 heavy (non-hydrogen) atoms. The van der Waals surface area contributed by atoms with Crippen LogP contribution >= 0.6 is 0 Å². The van der Waals surface area contributed by atoms with Crippen LogP contribution in [0.1, 0.15) is 11.1 Å². The van der Waals surface area contributed by atoms with Gasteiger partial charge in [-0.25, -0.2) is 4.39 Å². The van der Waals surface area contributed by atoms with Crippen molar-refractivity contribution in [3.05, 3.63) is 59.4 Å². The zero-order valence-corrected chi connectivity index (χ0v) is 8.92. The highest BCUT2D eigenvalue weighted by Gasteiger charge is 2.08. The van der Waals surface area contributed by atoms with Gasteiger partial charge in [0, 0.05) is 5.56 Å². The fourth-order valence-corrected chi connectivity index (χ4v) is 1.73. The van der Waals surface area contributed by atoms with Gasteiger partial charge >= 0.3 is 0 Å². The Morgan fingerprint density at radius 1 is 0.733 bits per heavy atom. The van der Waals surface area contributed by atoms with Crippen LogP contribution in [0, 0.1) is 19.7 Å². The van der Waals surface area contributed by atoms with E-state index in [1.807, 2.05) is 43.3 Å². The summed E-state index contributed by atoms with van der Waals surface area (Å²) >= 11 is 0. The van der Waals surface area contributed by atoms with E-state index in [1.165, 1.54) is 0 Å². The van der Waals surface area contributed by atoms with Gasteiger partial charge in [0.1, 0.15) is 5.82 Å². The molecule has 1 heteroatoms. The van der Waals surface area contributed by atoms with Crippen LogP contribution < -0.4 is 0 Å². The molecule has 2 aromatic rings. The molecular weight excluding hydrogens is 187 g/mol. The fraction of sp³-hybridized carbons (Fsp3) is 0.143. The molecule has 0 aliphatic rings. The normalized spacial score (nSPS) is 10.3. The maximum atomic E-state index is 13.9. The van der Waals surface area contributed by atoms with Gasteiger partial charge < -0.3 is 0 Å². The molecule has 0 unspecified atom stereocenters. The Morgan fingerprint density at radius 2 is 1.33 bits per heavy atom. The van der Waals surface area contributed by atoms with Crippen molar-refractivity contribution in [1.29, 1.82) is 0 Å². The summed E-state index contributed by atoms with van der Waals surface area (Å²) in [6.07, 6.45) is 0. The first-order chi connectivity index (χ1) is 7.20. The summed E-state index contributed by atoms with van der Waals surface area (Å²) in [5, 5.41) is 0. The molecule has 0 aliphatic heterocycles. The second-order valence-corrected chi connectivity index (χ2v) is 3.75. The van der Waals surface area contributed by atoms with Crippen LogP contribution in [0.25, 0.3) is 11.1 Å². The van der Waals surface area contributed by atoms with Crippen LogP contribution in [-0.4, -0.2) is 0 Å². The minimum atomic E-state index is -0.119. The molecule has 0 heterocycles. The van der Waals surface area contributed by atoms with Crippen molar-refractivity contribution in [3.63, 3.8) is 0 Å². The quantitative estimate of drug-likeness (QED) is 0.649. The molecule has 0 aromatic heterocycles. The molecular formula is C14H13F. The highest BCUT2D eigenvalue weighted by molar-refractivity contribution is 5.68. The van der Waals surface area contributed by atoms with E-state index >= 15 is 0 Å². The lowest BCUT2D eigenvalue weighted by molar-refractivity contribution is 0.622. The third kappa shape index (κ3) is 1.78. The third-order valence-corrected chi connectivity index (χ3v) is 2.63. The van der Waals surface area contributed by atoms with E-state index in [0.29, 0.717) is 11.1 Å². The lowest BCUT2D eigenvalue weighted by Crippen LogP contribution is -1.89. The third-order valence-electron chi connectivity index (χ3n) is 2.63. The molecule has 0 aliphatic carbocycles. The summed E-state index contributed by atoms with van der Waals surface area (Å²) in [7, 11) is 0. The molecule has 0 fully saturated rings. The van der Waals surface area contributed by atoms with Gasteiger partial charge in [-0.2, -0.15) is 0 Å². The van der Waals surface area contributed by atoms with Crippen LogP contribution in [0.5, 0.6) is 0 Å². The van der Waals surface area contributed by atoms with Gasteiger partial charge in [0.2, 0.25) is 0 Å². The molecule has 76 valence electrons. The Kier molecular flexibility index (Phi) is 2.55. The fourth-order valence-electron chi connectivity index (χ4n) is 1.73. The van der Waals surface area contributed by atoms with Gasteiger partial charge in [-0.1, -0.05) is 42.5 Å². The summed E-state index contributed by atoms with van der Waals surface area (Å²) in [6, 6.07) is 13.4. The van der Waals surface area contributed by atoms with Crippen LogP contribution in [0.4, 0.5) is 4.39 Å². The van der Waals surface area contributed by atoms with E-state index in [-0.39, 0.29) is 5.82 Å². The van der Waals surface area contributed by atoms with Gasteiger partial charge in [0.15, 0.2) is 0 Å². The predicted octanol–water partition coefficient (Wildman–Crippen LogP) is 4.11. The Labute approximate surface area is 89.4 Å². The highest BCUT2D eigenvalue weighted by atomic mass is 19.1. The largest absolute Gasteiger partial charge is 0.206 e. The maximum absolute atomic E-state index is 13.9. The van der Waals surface area contributed by atoms with Gasteiger partial charge in [-0.3, -0.25) is 0 Å². The number of benzene rings is 2. The smallest absolute Gasteiger partial charge is 0.133 e. The van der Waals surface area contributed by atoms with E-state index in [2.05, 4.69) is 0 Å². The first-order valence-electron chi connectivity index (χ1n) is 5.01. The molecule has 0 atom stereocenters. The van der Waals surface area contributed by atoms with E-state index in [9.17, 15) is 4.39 Å². The molecule has 2 aromatic carbocycles. The summed E-state index contributed by atoms with van der Waals surface area (Å²) in [5.41, 5.74) is 3.45. The Bertz CT molecular complexity index is 486. The van der Waals surface area contributed by atoms with E-state index in [1.54, 1.807) is 13.0 Å². The average Bonchev–Trinajstić information content (AvgIpc) is 2.23. The van der Waals surface area contributed by atoms with E-state index in [0.717, 1.165) is 11.1 Å². The van der Waals surface area contributed by atoms with Crippen molar-refractivity contribution in [2.75, 3.05) is 0 Å². The first-order valence-corrected chi connectivity index (χ1v) is 5.01. The van der Waals surface area contributed by atoms with Gasteiger partial charge in [-0.15, -0.1) is 0 Å². The maximum Gasteiger partial charge on any atom is 0.133 e. The number of hydrogen-bond donors (Lipinski definition) is 0. The molecule has 0 bridgehead atoms. The van der Waals surface area contributed by atoms with Gasteiger partial charge in [-0.05, 0) is 30.5 Å². The molecule has 0 saturated carbocycles. The molecule has 0 saturated heterocycles. The molecule has 0 N–H and O–H groups in total. The second kappa shape index (κ2) is 3.85. The molecule has 0 nitrogen and oxygen atoms in total. The van der Waals surface area contributed by atoms with Crippen LogP contribution in [-0.2, 0) is 0 Å². The number of hydrogen-bond acceptors (Lipinski definition) is 0. The number of halogens is 1. The topological polar surface area (TPSA) is 0 Å². The standard InChI is InChI=1S/C14H13F/c1-10-6-3-4-8-12(10)13-9-5-7-11(2)14(13)15/h3-9H,1-2H3.